The Balaban J connectivity index is 2.65. The molecular formula is C16H26N4O. The second-order valence-electron chi connectivity index (χ2n) is 6.95. The second-order valence-corrected chi connectivity index (χ2v) is 6.95. The van der Waals surface area contributed by atoms with E-state index in [4.69, 9.17) is 4.99 Å². The quantitative estimate of drug-likeness (QED) is 0.928. The van der Waals surface area contributed by atoms with Gasteiger partial charge in [-0.1, -0.05) is 41.5 Å². The van der Waals surface area contributed by atoms with Gasteiger partial charge in [-0.05, 0) is 12.3 Å². The standard InChI is InChI=1S/C16H26N4O/c1-7-8-20-14-13(12(19-20)10(2)3)18-11(16(4,5)6)9-17-15(14)21/h10H,7-9H2,1-6H3,(H,17,21). The van der Waals surface area contributed by atoms with Crippen LogP contribution in [-0.2, 0) is 6.54 Å². The highest BCUT2D eigenvalue weighted by Crippen LogP contribution is 2.33. The van der Waals surface area contributed by atoms with Crippen LogP contribution in [0, 0.1) is 5.41 Å². The molecule has 0 radical (unpaired) electrons. The van der Waals surface area contributed by atoms with Gasteiger partial charge in [-0.15, -0.1) is 0 Å². The summed E-state index contributed by atoms with van der Waals surface area (Å²) < 4.78 is 1.81. The minimum absolute atomic E-state index is 0.0687. The molecule has 5 nitrogen and oxygen atoms in total. The number of amides is 1. The Bertz CT molecular complexity index is 576. The van der Waals surface area contributed by atoms with Crippen molar-refractivity contribution in [3.8, 4) is 0 Å². The molecule has 0 fully saturated rings. The second kappa shape index (κ2) is 5.62. The summed E-state index contributed by atoms with van der Waals surface area (Å²) in [5.41, 5.74) is 3.21. The SMILES string of the molecule is CCCn1nc(C(C)C)c2c1C(=O)NCC(C(C)(C)C)=N2. The summed E-state index contributed by atoms with van der Waals surface area (Å²) in [6.07, 6.45) is 0.939. The van der Waals surface area contributed by atoms with Gasteiger partial charge in [0.1, 0.15) is 5.69 Å². The zero-order valence-electron chi connectivity index (χ0n) is 13.9. The lowest BCUT2D eigenvalue weighted by Gasteiger charge is -2.20. The number of hydrogen-bond donors (Lipinski definition) is 1. The maximum Gasteiger partial charge on any atom is 0.272 e. The van der Waals surface area contributed by atoms with Crippen molar-refractivity contribution in [1.29, 1.82) is 0 Å². The number of rotatable bonds is 3. The van der Waals surface area contributed by atoms with E-state index >= 15 is 0 Å². The molecule has 2 heterocycles. The third-order valence-corrected chi connectivity index (χ3v) is 3.68. The van der Waals surface area contributed by atoms with E-state index in [2.05, 4.69) is 52.0 Å². The number of carbonyl (C=O) groups is 1. The number of hydrogen-bond acceptors (Lipinski definition) is 3. The molecule has 116 valence electrons. The van der Waals surface area contributed by atoms with Gasteiger partial charge in [-0.3, -0.25) is 14.5 Å². The number of nitrogens with one attached hydrogen (secondary N) is 1. The number of fused-ring (bicyclic) bond motifs is 1. The topological polar surface area (TPSA) is 59.3 Å². The predicted octanol–water partition coefficient (Wildman–Crippen LogP) is 3.28. The van der Waals surface area contributed by atoms with Crippen molar-refractivity contribution < 1.29 is 4.79 Å². The number of nitrogens with zero attached hydrogens (tertiary/aromatic N) is 3. The third kappa shape index (κ3) is 3.01. The Morgan fingerprint density at radius 1 is 1.33 bits per heavy atom. The molecule has 1 amide bonds. The molecule has 0 saturated carbocycles. The summed E-state index contributed by atoms with van der Waals surface area (Å²) in [6.45, 7) is 13.9. The molecule has 0 spiro atoms. The molecule has 0 saturated heterocycles. The van der Waals surface area contributed by atoms with Crippen LogP contribution in [0.25, 0.3) is 0 Å². The van der Waals surface area contributed by atoms with Gasteiger partial charge in [0, 0.05) is 17.7 Å². The molecular weight excluding hydrogens is 264 g/mol. The van der Waals surface area contributed by atoms with E-state index in [1.807, 2.05) is 4.68 Å². The van der Waals surface area contributed by atoms with Crippen molar-refractivity contribution in [2.45, 2.75) is 60.4 Å². The van der Waals surface area contributed by atoms with Gasteiger partial charge in [0.25, 0.3) is 5.91 Å². The van der Waals surface area contributed by atoms with E-state index < -0.39 is 0 Å². The maximum absolute atomic E-state index is 12.5. The Kier molecular flexibility index (Phi) is 4.21. The molecule has 0 atom stereocenters. The van der Waals surface area contributed by atoms with Gasteiger partial charge in [0.15, 0.2) is 5.69 Å². The third-order valence-electron chi connectivity index (χ3n) is 3.68. The number of carbonyl (C=O) groups excluding carboxylic acids is 1. The van der Waals surface area contributed by atoms with Crippen LogP contribution < -0.4 is 5.32 Å². The van der Waals surface area contributed by atoms with E-state index in [0.29, 0.717) is 12.2 Å². The largest absolute Gasteiger partial charge is 0.345 e. The lowest BCUT2D eigenvalue weighted by molar-refractivity contribution is 0.0949. The minimum atomic E-state index is -0.0734. The first-order chi connectivity index (χ1) is 9.75. The van der Waals surface area contributed by atoms with Crippen LogP contribution in [0.4, 0.5) is 5.69 Å². The molecule has 1 aromatic heterocycles. The van der Waals surface area contributed by atoms with Crippen molar-refractivity contribution >= 4 is 17.3 Å². The van der Waals surface area contributed by atoms with E-state index in [9.17, 15) is 4.79 Å². The van der Waals surface area contributed by atoms with Crippen molar-refractivity contribution in [1.82, 2.24) is 15.1 Å². The summed E-state index contributed by atoms with van der Waals surface area (Å²) in [5.74, 6) is 0.175. The van der Waals surface area contributed by atoms with Crippen molar-refractivity contribution in [2.75, 3.05) is 6.54 Å². The first kappa shape index (κ1) is 15.7. The predicted molar refractivity (Wildman–Crippen MR) is 85.5 cm³/mol. The highest BCUT2D eigenvalue weighted by Gasteiger charge is 2.30. The average Bonchev–Trinajstić information content (AvgIpc) is 2.62. The minimum Gasteiger partial charge on any atom is -0.345 e. The molecule has 1 aromatic rings. The average molecular weight is 290 g/mol. The van der Waals surface area contributed by atoms with Crippen LogP contribution in [0.5, 0.6) is 0 Å². The van der Waals surface area contributed by atoms with E-state index in [-0.39, 0.29) is 17.2 Å². The molecule has 1 N–H and O–H groups in total. The highest BCUT2D eigenvalue weighted by molar-refractivity contribution is 6.05. The first-order valence-corrected chi connectivity index (χ1v) is 7.72. The van der Waals surface area contributed by atoms with Gasteiger partial charge in [0.2, 0.25) is 0 Å². The Labute approximate surface area is 126 Å². The molecule has 0 aromatic carbocycles. The van der Waals surface area contributed by atoms with Gasteiger partial charge >= 0.3 is 0 Å². The number of aryl methyl sites for hydroxylation is 1. The van der Waals surface area contributed by atoms with Crippen LogP contribution in [0.1, 0.15) is 70.1 Å². The van der Waals surface area contributed by atoms with Crippen molar-refractivity contribution in [3.63, 3.8) is 0 Å². The van der Waals surface area contributed by atoms with Crippen LogP contribution >= 0.6 is 0 Å². The monoisotopic (exact) mass is 290 g/mol. The highest BCUT2D eigenvalue weighted by atomic mass is 16.2. The molecule has 2 rings (SSSR count). The van der Waals surface area contributed by atoms with E-state index in [0.717, 1.165) is 30.1 Å². The summed E-state index contributed by atoms with van der Waals surface area (Å²) in [4.78, 5) is 17.3. The molecule has 0 aliphatic carbocycles. The van der Waals surface area contributed by atoms with Crippen LogP contribution in [0.3, 0.4) is 0 Å². The molecule has 1 aliphatic heterocycles. The molecule has 0 bridgehead atoms. The van der Waals surface area contributed by atoms with Crippen molar-refractivity contribution in [2.24, 2.45) is 10.4 Å². The lowest BCUT2D eigenvalue weighted by Crippen LogP contribution is -2.34. The Morgan fingerprint density at radius 3 is 2.52 bits per heavy atom. The van der Waals surface area contributed by atoms with Gasteiger partial charge in [-0.25, -0.2) is 0 Å². The summed E-state index contributed by atoms with van der Waals surface area (Å²) >= 11 is 0. The number of aromatic nitrogens is 2. The fourth-order valence-electron chi connectivity index (χ4n) is 2.42. The van der Waals surface area contributed by atoms with E-state index in [1.165, 1.54) is 0 Å². The molecule has 0 unspecified atom stereocenters. The van der Waals surface area contributed by atoms with Gasteiger partial charge < -0.3 is 5.32 Å². The lowest BCUT2D eigenvalue weighted by atomic mass is 9.90. The van der Waals surface area contributed by atoms with Crippen LogP contribution in [0.15, 0.2) is 4.99 Å². The van der Waals surface area contributed by atoms with Gasteiger partial charge in [-0.2, -0.15) is 5.10 Å². The molecule has 5 heteroatoms. The van der Waals surface area contributed by atoms with E-state index in [1.54, 1.807) is 0 Å². The first-order valence-electron chi connectivity index (χ1n) is 7.72. The van der Waals surface area contributed by atoms with Crippen LogP contribution in [-0.4, -0.2) is 27.9 Å². The normalized spacial score (nSPS) is 15.6. The zero-order valence-corrected chi connectivity index (χ0v) is 13.9. The Morgan fingerprint density at radius 2 is 2.00 bits per heavy atom. The summed E-state index contributed by atoms with van der Waals surface area (Å²) in [5, 5.41) is 7.62. The summed E-state index contributed by atoms with van der Waals surface area (Å²) in [7, 11) is 0. The smallest absolute Gasteiger partial charge is 0.272 e. The zero-order chi connectivity index (χ0) is 15.8. The molecule has 21 heavy (non-hydrogen) atoms. The molecule has 1 aliphatic rings. The fourth-order valence-corrected chi connectivity index (χ4v) is 2.42. The Hall–Kier alpha value is -1.65. The van der Waals surface area contributed by atoms with Crippen LogP contribution in [0.2, 0.25) is 0 Å². The van der Waals surface area contributed by atoms with Crippen molar-refractivity contribution in [3.05, 3.63) is 11.4 Å². The summed E-state index contributed by atoms with van der Waals surface area (Å²) in [6, 6.07) is 0. The maximum atomic E-state index is 12.5. The number of aliphatic imine (C=N–C) groups is 1. The fraction of sp³-hybridized carbons (Fsp3) is 0.688. The van der Waals surface area contributed by atoms with Gasteiger partial charge in [0.05, 0.1) is 12.2 Å².